The number of carboxylic acid groups (broad SMARTS) is 1. The maximum absolute atomic E-state index is 14.1. The number of anilines is 2. The molecule has 0 bridgehead atoms. The fourth-order valence-electron chi connectivity index (χ4n) is 5.41. The minimum absolute atomic E-state index is 0.156. The van der Waals surface area contributed by atoms with Crippen LogP contribution in [0.25, 0.3) is 11.0 Å². The number of aromatic nitrogens is 2. The van der Waals surface area contributed by atoms with Crippen molar-refractivity contribution in [2.24, 2.45) is 0 Å². The summed E-state index contributed by atoms with van der Waals surface area (Å²) >= 11 is 6.27. The van der Waals surface area contributed by atoms with Gasteiger partial charge in [-0.05, 0) is 48.4 Å². The number of hydrogen-bond donors (Lipinski definition) is 4. The zero-order valence-electron chi connectivity index (χ0n) is 20.6. The molecule has 1 spiro atoms. The highest BCUT2D eigenvalue weighted by molar-refractivity contribution is 6.30. The van der Waals surface area contributed by atoms with E-state index in [1.54, 1.807) is 41.3 Å². The first-order chi connectivity index (χ1) is 18.8. The van der Waals surface area contributed by atoms with Crippen LogP contribution >= 0.6 is 11.6 Å². The van der Waals surface area contributed by atoms with Crippen LogP contribution in [0.1, 0.15) is 29.3 Å². The topological polar surface area (TPSA) is 137 Å². The van der Waals surface area contributed by atoms with Gasteiger partial charge in [0.25, 0.3) is 0 Å². The third-order valence-corrected chi connectivity index (χ3v) is 7.44. The number of benzene rings is 3. The lowest BCUT2D eigenvalue weighted by Gasteiger charge is -2.35. The maximum Gasteiger partial charge on any atom is 0.412 e. The monoisotopic (exact) mass is 545 g/mol. The number of H-pyrrole nitrogens is 1. The van der Waals surface area contributed by atoms with Crippen molar-refractivity contribution in [2.45, 2.75) is 24.4 Å². The Balaban J connectivity index is 1.34. The number of fused-ring (bicyclic) bond motifs is 3. The average Bonchev–Trinajstić information content (AvgIpc) is 3.52. The van der Waals surface area contributed by atoms with Gasteiger partial charge in [-0.15, -0.1) is 0 Å². The fourth-order valence-corrected chi connectivity index (χ4v) is 5.58. The first-order valence-corrected chi connectivity index (χ1v) is 12.8. The summed E-state index contributed by atoms with van der Waals surface area (Å²) in [4.78, 5) is 47.2. The molecule has 10 nitrogen and oxygen atoms in total. The molecule has 2 atom stereocenters. The smallest absolute Gasteiger partial charge is 0.412 e. The Morgan fingerprint density at radius 2 is 1.97 bits per heavy atom. The van der Waals surface area contributed by atoms with Crippen molar-refractivity contribution >= 4 is 52.1 Å². The van der Waals surface area contributed by atoms with Gasteiger partial charge < -0.3 is 19.7 Å². The van der Waals surface area contributed by atoms with Crippen molar-refractivity contribution in [3.8, 4) is 0 Å². The number of carbonyl (C=O) groups is 3. The van der Waals surface area contributed by atoms with Gasteiger partial charge in [0.15, 0.2) is 5.60 Å². The number of ether oxygens (including phenoxy) is 1. The van der Waals surface area contributed by atoms with Crippen LogP contribution in [0.2, 0.25) is 5.02 Å². The summed E-state index contributed by atoms with van der Waals surface area (Å²) in [6, 6.07) is 19.8. The summed E-state index contributed by atoms with van der Waals surface area (Å²) in [6.07, 6.45) is -0.909. The minimum Gasteiger partial charge on any atom is -0.465 e. The van der Waals surface area contributed by atoms with E-state index in [0.717, 1.165) is 11.1 Å². The number of likely N-dealkylation sites (tertiary alicyclic amines) is 1. The molecule has 0 saturated carbocycles. The lowest BCUT2D eigenvalue weighted by molar-refractivity contribution is -0.133. The van der Waals surface area contributed by atoms with Gasteiger partial charge in [0, 0.05) is 29.2 Å². The highest BCUT2D eigenvalue weighted by Crippen LogP contribution is 2.44. The molecule has 3 amide bonds. The number of halogens is 1. The van der Waals surface area contributed by atoms with Gasteiger partial charge in [-0.25, -0.2) is 14.6 Å². The van der Waals surface area contributed by atoms with Crippen LogP contribution in [-0.2, 0) is 21.6 Å². The summed E-state index contributed by atoms with van der Waals surface area (Å²) in [7, 11) is 0. The maximum atomic E-state index is 14.1. The molecule has 2 aliphatic rings. The van der Waals surface area contributed by atoms with E-state index in [1.165, 1.54) is 0 Å². The summed E-state index contributed by atoms with van der Waals surface area (Å²) < 4.78 is 5.81. The zero-order chi connectivity index (χ0) is 27.1. The quantitative estimate of drug-likeness (QED) is 0.268. The van der Waals surface area contributed by atoms with Gasteiger partial charge in [0.1, 0.15) is 11.7 Å². The van der Waals surface area contributed by atoms with E-state index >= 15 is 0 Å². The van der Waals surface area contributed by atoms with Crippen LogP contribution in [0, 0.1) is 0 Å². The second-order valence-corrected chi connectivity index (χ2v) is 10.2. The normalized spacial score (nSPS) is 18.9. The molecular formula is C28H24ClN5O5. The number of nitrogens with one attached hydrogen (secondary N) is 3. The van der Waals surface area contributed by atoms with Crippen molar-refractivity contribution in [3.63, 3.8) is 0 Å². The number of amides is 3. The van der Waals surface area contributed by atoms with Gasteiger partial charge in [0.05, 0.1) is 23.3 Å². The van der Waals surface area contributed by atoms with Crippen LogP contribution in [0.3, 0.4) is 0 Å². The summed E-state index contributed by atoms with van der Waals surface area (Å²) in [5.74, 6) is -0.336. The summed E-state index contributed by atoms with van der Waals surface area (Å²) in [5.41, 5.74) is 2.93. The largest absolute Gasteiger partial charge is 0.465 e. The highest BCUT2D eigenvalue weighted by atomic mass is 35.5. The molecule has 6 rings (SSSR count). The molecule has 4 N–H and O–H groups in total. The van der Waals surface area contributed by atoms with Gasteiger partial charge in [0.2, 0.25) is 5.91 Å². The number of imidazole rings is 1. The van der Waals surface area contributed by atoms with Gasteiger partial charge in [-0.1, -0.05) is 41.9 Å². The molecular weight excluding hydrogens is 522 g/mol. The van der Waals surface area contributed by atoms with Crippen LogP contribution in [0.5, 0.6) is 0 Å². The first-order valence-electron chi connectivity index (χ1n) is 12.4. The second-order valence-electron chi connectivity index (χ2n) is 9.73. The van der Waals surface area contributed by atoms with Crippen molar-refractivity contribution in [3.05, 3.63) is 88.7 Å². The van der Waals surface area contributed by atoms with Crippen molar-refractivity contribution in [1.82, 2.24) is 14.9 Å². The minimum atomic E-state index is -1.17. The summed E-state index contributed by atoms with van der Waals surface area (Å²) in [6.45, 7) is 0.570. The van der Waals surface area contributed by atoms with E-state index in [0.29, 0.717) is 52.6 Å². The average molecular weight is 546 g/mol. The molecule has 1 fully saturated rings. The molecule has 0 aliphatic carbocycles. The van der Waals surface area contributed by atoms with Crippen molar-refractivity contribution < 1.29 is 24.2 Å². The third-order valence-electron chi connectivity index (χ3n) is 7.20. The third kappa shape index (κ3) is 4.74. The number of rotatable bonds is 5. The molecule has 198 valence electrons. The molecule has 0 unspecified atom stereocenters. The second kappa shape index (κ2) is 9.63. The Kier molecular flexibility index (Phi) is 6.11. The number of nitrogens with zero attached hydrogens (tertiary/aromatic N) is 2. The first kappa shape index (κ1) is 24.7. The molecule has 4 aromatic rings. The van der Waals surface area contributed by atoms with E-state index in [2.05, 4.69) is 15.6 Å². The van der Waals surface area contributed by atoms with Crippen LogP contribution in [0.4, 0.5) is 21.0 Å². The summed E-state index contributed by atoms with van der Waals surface area (Å²) in [5, 5.41) is 14.6. The van der Waals surface area contributed by atoms with E-state index in [4.69, 9.17) is 26.4 Å². The Hall–Kier alpha value is -4.57. The molecule has 1 saturated heterocycles. The van der Waals surface area contributed by atoms with Crippen molar-refractivity contribution in [2.75, 3.05) is 23.7 Å². The number of carbonyl (C=O) groups excluding carboxylic acids is 2. The molecule has 1 aromatic heterocycles. The number of aromatic amines is 1. The predicted molar refractivity (Wildman–Crippen MR) is 145 cm³/mol. The SMILES string of the molecule is O=C(O)Nc1ccc2nc([C@@H](Cc3ccccc3)C(=O)N3CC[C@]4(C3)OC(=O)Nc3ccc(Cl)cc34)[nH]c2c1. The highest BCUT2D eigenvalue weighted by Gasteiger charge is 2.49. The Morgan fingerprint density at radius 3 is 2.77 bits per heavy atom. The molecule has 11 heteroatoms. The lowest BCUT2D eigenvalue weighted by Crippen LogP contribution is -2.43. The van der Waals surface area contributed by atoms with Crippen LogP contribution < -0.4 is 10.6 Å². The zero-order valence-corrected chi connectivity index (χ0v) is 21.4. The van der Waals surface area contributed by atoms with E-state index in [1.807, 2.05) is 30.3 Å². The Morgan fingerprint density at radius 1 is 1.15 bits per heavy atom. The fraction of sp³-hybridized carbons (Fsp3) is 0.214. The van der Waals surface area contributed by atoms with Crippen LogP contribution in [-0.4, -0.2) is 51.2 Å². The van der Waals surface area contributed by atoms with Gasteiger partial charge in [-0.2, -0.15) is 0 Å². The molecule has 0 radical (unpaired) electrons. The van der Waals surface area contributed by atoms with Crippen molar-refractivity contribution in [1.29, 1.82) is 0 Å². The van der Waals surface area contributed by atoms with Crippen LogP contribution in [0.15, 0.2) is 66.7 Å². The predicted octanol–water partition coefficient (Wildman–Crippen LogP) is 5.32. The van der Waals surface area contributed by atoms with Gasteiger partial charge >= 0.3 is 12.2 Å². The van der Waals surface area contributed by atoms with E-state index < -0.39 is 23.7 Å². The Labute approximate surface area is 227 Å². The van der Waals surface area contributed by atoms with Gasteiger partial charge in [-0.3, -0.25) is 15.4 Å². The Bertz CT molecular complexity index is 1610. The van der Waals surface area contributed by atoms with E-state index in [9.17, 15) is 14.4 Å². The molecule has 3 aromatic carbocycles. The number of hydrogen-bond acceptors (Lipinski definition) is 5. The lowest BCUT2D eigenvalue weighted by atomic mass is 9.90. The molecule has 3 heterocycles. The van der Waals surface area contributed by atoms with E-state index in [-0.39, 0.29) is 12.5 Å². The molecule has 39 heavy (non-hydrogen) atoms. The molecule has 2 aliphatic heterocycles. The standard InChI is InChI=1S/C28H24ClN5O5/c29-17-6-8-21-20(13-17)28(39-27(38)33-21)10-11-34(15-28)25(35)19(12-16-4-2-1-3-5-16)24-31-22-9-7-18(30-26(36)37)14-23(22)32-24/h1-9,13-14,19,30H,10-12,15H2,(H,31,32)(H,33,38)(H,36,37)/t19-,28-/m1/s1.